The van der Waals surface area contributed by atoms with Crippen molar-refractivity contribution >= 4 is 32.9 Å². The molecule has 2 aromatic rings. The maximum atomic E-state index is 13.0. The number of aromatic amines is 1. The maximum Gasteiger partial charge on any atom is 0.417 e. The maximum absolute atomic E-state index is 13.0. The third-order valence-electron chi connectivity index (χ3n) is 3.20. The quantitative estimate of drug-likeness (QED) is 0.815. The lowest BCUT2D eigenvalue weighted by molar-refractivity contribution is -0.117. The molecule has 0 saturated carbocycles. The van der Waals surface area contributed by atoms with E-state index in [9.17, 15) is 21.9 Å². The van der Waals surface area contributed by atoms with Gasteiger partial charge in [-0.3, -0.25) is 9.78 Å². The van der Waals surface area contributed by atoms with Crippen molar-refractivity contribution < 1.29 is 21.5 Å². The molecule has 9 heteroatoms. The van der Waals surface area contributed by atoms with Crippen molar-refractivity contribution in [1.82, 2.24) is 4.98 Å². The van der Waals surface area contributed by atoms with Crippen molar-refractivity contribution in [2.75, 3.05) is 11.4 Å². The number of fused-ring (bicyclic) bond motifs is 1. The van der Waals surface area contributed by atoms with E-state index in [2.05, 4.69) is 4.98 Å². The molecule has 7 nitrogen and oxygen atoms in total. The Morgan fingerprint density at radius 3 is 2.75 bits per heavy atom. The topological polar surface area (TPSA) is 100 Å². The molecule has 3 rings (SSSR count). The second kappa shape index (κ2) is 4.17. The highest BCUT2D eigenvalue weighted by Crippen LogP contribution is 2.30. The lowest BCUT2D eigenvalue weighted by atomic mass is 10.2. The van der Waals surface area contributed by atoms with Crippen LogP contribution in [-0.4, -0.2) is 31.1 Å². The molecule has 1 aliphatic rings. The second-order valence-electron chi connectivity index (χ2n) is 4.47. The van der Waals surface area contributed by atoms with Gasteiger partial charge in [-0.1, -0.05) is 6.07 Å². The van der Waals surface area contributed by atoms with Crippen LogP contribution < -0.4 is 10.7 Å². The number of amides is 1. The number of aromatic nitrogens is 1. The SMILES string of the molecule is O=C1CC(S(=O)(=O)F)CN1c1cccc2[nH]c(=O)oc12. The van der Waals surface area contributed by atoms with Crippen molar-refractivity contribution in [1.29, 1.82) is 0 Å². The van der Waals surface area contributed by atoms with Gasteiger partial charge in [0.05, 0.1) is 11.2 Å². The summed E-state index contributed by atoms with van der Waals surface area (Å²) >= 11 is 0. The standard InChI is InChI=1S/C11H9FN2O5S/c12-20(17,18)6-4-9(15)14(5-6)8-3-1-2-7-10(8)19-11(16)13-7/h1-3,6H,4-5H2,(H,13,16). The minimum absolute atomic E-state index is 0.141. The predicted octanol–water partition coefficient (Wildman–Crippen LogP) is 0.526. The zero-order valence-electron chi connectivity index (χ0n) is 10.00. The van der Waals surface area contributed by atoms with E-state index in [1.54, 1.807) is 12.1 Å². The summed E-state index contributed by atoms with van der Waals surface area (Å²) in [6, 6.07) is 4.66. The first-order chi connectivity index (χ1) is 9.36. The second-order valence-corrected chi connectivity index (χ2v) is 6.09. The number of benzene rings is 1. The number of H-pyrrole nitrogens is 1. The van der Waals surface area contributed by atoms with Crippen LogP contribution in [0.1, 0.15) is 6.42 Å². The molecule has 1 atom stereocenters. The Hall–Kier alpha value is -2.16. The fraction of sp³-hybridized carbons (Fsp3) is 0.273. The number of carbonyl (C=O) groups is 1. The van der Waals surface area contributed by atoms with Crippen LogP contribution in [0, 0.1) is 0 Å². The average molecular weight is 300 g/mol. The molecule has 1 unspecified atom stereocenters. The lowest BCUT2D eigenvalue weighted by Crippen LogP contribution is -2.27. The summed E-state index contributed by atoms with van der Waals surface area (Å²) in [4.78, 5) is 26.6. The van der Waals surface area contributed by atoms with Crippen LogP contribution in [0.2, 0.25) is 0 Å². The van der Waals surface area contributed by atoms with E-state index >= 15 is 0 Å². The van der Waals surface area contributed by atoms with Gasteiger partial charge in [0.25, 0.3) is 0 Å². The molecule has 1 saturated heterocycles. The number of hydrogen-bond acceptors (Lipinski definition) is 5. The Kier molecular flexibility index (Phi) is 2.68. The molecule has 0 radical (unpaired) electrons. The summed E-state index contributed by atoms with van der Waals surface area (Å²) in [6.07, 6.45) is -0.427. The number of anilines is 1. The fourth-order valence-corrected chi connectivity index (χ4v) is 2.94. The van der Waals surface area contributed by atoms with Crippen molar-refractivity contribution in [2.24, 2.45) is 0 Å². The summed E-state index contributed by atoms with van der Waals surface area (Å²) in [6.45, 7) is -0.300. The molecule has 20 heavy (non-hydrogen) atoms. The number of oxazole rings is 1. The van der Waals surface area contributed by atoms with Gasteiger partial charge in [-0.25, -0.2) is 4.79 Å². The van der Waals surface area contributed by atoms with Crippen molar-refractivity contribution in [3.63, 3.8) is 0 Å². The van der Waals surface area contributed by atoms with Crippen LogP contribution in [0.25, 0.3) is 11.1 Å². The first kappa shape index (κ1) is 12.9. The molecule has 1 amide bonds. The monoisotopic (exact) mass is 300 g/mol. The molecular weight excluding hydrogens is 291 g/mol. The molecule has 1 N–H and O–H groups in total. The Bertz CT molecular complexity index is 853. The molecule has 0 aliphatic carbocycles. The van der Waals surface area contributed by atoms with Gasteiger partial charge in [-0.15, -0.1) is 3.89 Å². The van der Waals surface area contributed by atoms with Crippen LogP contribution in [0.15, 0.2) is 27.4 Å². The smallest absolute Gasteiger partial charge is 0.406 e. The predicted molar refractivity (Wildman–Crippen MR) is 67.6 cm³/mol. The normalized spacial score (nSPS) is 19.9. The first-order valence-electron chi connectivity index (χ1n) is 5.72. The lowest BCUT2D eigenvalue weighted by Gasteiger charge is -2.15. The fourth-order valence-electron chi connectivity index (χ4n) is 2.27. The highest BCUT2D eigenvalue weighted by atomic mass is 32.3. The van der Waals surface area contributed by atoms with Gasteiger partial charge in [-0.2, -0.15) is 8.42 Å². The van der Waals surface area contributed by atoms with E-state index in [-0.39, 0.29) is 17.8 Å². The van der Waals surface area contributed by atoms with Gasteiger partial charge in [0, 0.05) is 13.0 Å². The van der Waals surface area contributed by atoms with Crippen molar-refractivity contribution in [2.45, 2.75) is 11.7 Å². The number of hydrogen-bond donors (Lipinski definition) is 1. The van der Waals surface area contributed by atoms with Crippen LogP contribution in [0.4, 0.5) is 9.57 Å². The zero-order valence-corrected chi connectivity index (χ0v) is 10.8. The molecule has 0 spiro atoms. The molecule has 2 heterocycles. The molecule has 1 aromatic heterocycles. The number of para-hydroxylation sites is 1. The van der Waals surface area contributed by atoms with Gasteiger partial charge in [0.2, 0.25) is 5.91 Å². The van der Waals surface area contributed by atoms with E-state index in [0.717, 1.165) is 4.90 Å². The Morgan fingerprint density at radius 2 is 2.10 bits per heavy atom. The molecular formula is C11H9FN2O5S. The van der Waals surface area contributed by atoms with Gasteiger partial charge >= 0.3 is 16.0 Å². The first-order valence-corrected chi connectivity index (χ1v) is 7.16. The van der Waals surface area contributed by atoms with E-state index in [4.69, 9.17) is 4.42 Å². The van der Waals surface area contributed by atoms with Crippen LogP contribution in [0.5, 0.6) is 0 Å². The van der Waals surface area contributed by atoms with Gasteiger partial charge in [0.15, 0.2) is 5.58 Å². The third kappa shape index (κ3) is 1.99. The van der Waals surface area contributed by atoms with Gasteiger partial charge in [-0.05, 0) is 12.1 Å². The molecule has 106 valence electrons. The molecule has 0 bridgehead atoms. The largest absolute Gasteiger partial charge is 0.417 e. The van der Waals surface area contributed by atoms with Crippen molar-refractivity contribution in [3.05, 3.63) is 28.7 Å². The summed E-state index contributed by atoms with van der Waals surface area (Å²) in [5.41, 5.74) is 0.770. The minimum Gasteiger partial charge on any atom is -0.406 e. The van der Waals surface area contributed by atoms with E-state index < -0.39 is 33.6 Å². The van der Waals surface area contributed by atoms with Crippen LogP contribution >= 0.6 is 0 Å². The molecule has 1 fully saturated rings. The summed E-state index contributed by atoms with van der Waals surface area (Å²) in [7, 11) is -4.79. The van der Waals surface area contributed by atoms with Crippen molar-refractivity contribution in [3.8, 4) is 0 Å². The summed E-state index contributed by atoms with van der Waals surface area (Å²) in [5.74, 6) is -1.22. The minimum atomic E-state index is -4.79. The number of rotatable bonds is 2. The van der Waals surface area contributed by atoms with Gasteiger partial charge < -0.3 is 9.32 Å². The Balaban J connectivity index is 2.08. The van der Waals surface area contributed by atoms with E-state index in [0.29, 0.717) is 5.52 Å². The Morgan fingerprint density at radius 1 is 1.35 bits per heavy atom. The highest BCUT2D eigenvalue weighted by Gasteiger charge is 2.39. The summed E-state index contributed by atoms with van der Waals surface area (Å²) < 4.78 is 39.7. The Labute approximate surface area is 112 Å². The van der Waals surface area contributed by atoms with E-state index in [1.165, 1.54) is 6.07 Å². The third-order valence-corrected chi connectivity index (χ3v) is 4.32. The number of carbonyl (C=O) groups excluding carboxylic acids is 1. The number of nitrogens with one attached hydrogen (secondary N) is 1. The van der Waals surface area contributed by atoms with Gasteiger partial charge in [0.1, 0.15) is 5.25 Å². The van der Waals surface area contributed by atoms with Crippen LogP contribution in [0.3, 0.4) is 0 Å². The average Bonchev–Trinajstić information content (AvgIpc) is 2.90. The summed E-state index contributed by atoms with van der Waals surface area (Å²) in [5, 5.41) is -1.39. The van der Waals surface area contributed by atoms with Crippen LogP contribution in [-0.2, 0) is 15.0 Å². The molecule has 1 aliphatic heterocycles. The number of halogens is 1. The van der Waals surface area contributed by atoms with E-state index in [1.807, 2.05) is 0 Å². The number of nitrogens with zero attached hydrogens (tertiary/aromatic N) is 1. The zero-order chi connectivity index (χ0) is 14.5. The molecule has 1 aromatic carbocycles. The highest BCUT2D eigenvalue weighted by molar-refractivity contribution is 7.87.